The maximum absolute atomic E-state index is 12.0. The van der Waals surface area contributed by atoms with Crippen molar-refractivity contribution < 1.29 is 4.79 Å². The summed E-state index contributed by atoms with van der Waals surface area (Å²) < 4.78 is 0. The van der Waals surface area contributed by atoms with Crippen LogP contribution in [0.2, 0.25) is 0 Å². The fraction of sp³-hybridized carbons (Fsp3) is 0.286. The molecule has 4 nitrogen and oxygen atoms in total. The van der Waals surface area contributed by atoms with E-state index in [0.717, 1.165) is 0 Å². The van der Waals surface area contributed by atoms with Crippen LogP contribution < -0.4 is 10.9 Å². The lowest BCUT2D eigenvalue weighted by Gasteiger charge is -2.23. The molecule has 0 saturated carbocycles. The number of amides is 1. The summed E-state index contributed by atoms with van der Waals surface area (Å²) in [5, 5.41) is 4.89. The van der Waals surface area contributed by atoms with E-state index >= 15 is 0 Å². The van der Waals surface area contributed by atoms with Crippen molar-refractivity contribution in [3.05, 3.63) is 56.6 Å². The first-order valence-corrected chi connectivity index (χ1v) is 6.88. The Kier molecular flexibility index (Phi) is 3.85. The second-order valence-electron chi connectivity index (χ2n) is 4.99. The maximum Gasteiger partial charge on any atom is 0.251 e. The molecule has 2 aromatic heterocycles. The summed E-state index contributed by atoms with van der Waals surface area (Å²) in [6, 6.07) is 6.95. The van der Waals surface area contributed by atoms with Crippen molar-refractivity contribution >= 4 is 17.2 Å². The minimum absolute atomic E-state index is 0.120. The van der Waals surface area contributed by atoms with Gasteiger partial charge in [0.2, 0.25) is 5.56 Å². The molecule has 0 saturated heterocycles. The second-order valence-corrected chi connectivity index (χ2v) is 5.93. The van der Waals surface area contributed by atoms with Gasteiger partial charge < -0.3 is 10.3 Å². The van der Waals surface area contributed by atoms with Crippen molar-refractivity contribution in [3.8, 4) is 0 Å². The number of thiophene rings is 1. The van der Waals surface area contributed by atoms with Gasteiger partial charge in [0.15, 0.2) is 0 Å². The van der Waals surface area contributed by atoms with Gasteiger partial charge in [-0.1, -0.05) is 19.9 Å². The lowest BCUT2D eigenvalue weighted by Crippen LogP contribution is -2.36. The Labute approximate surface area is 115 Å². The summed E-state index contributed by atoms with van der Waals surface area (Å²) in [7, 11) is 0. The molecule has 0 aromatic carbocycles. The second kappa shape index (κ2) is 5.40. The SMILES string of the molecule is CC(C)(CNC(=O)c1cc[nH]c(=O)c1)c1cccs1. The Balaban J connectivity index is 2.03. The van der Waals surface area contributed by atoms with E-state index in [1.807, 2.05) is 11.4 Å². The molecule has 2 aromatic rings. The third-order valence-corrected chi connectivity index (χ3v) is 4.15. The van der Waals surface area contributed by atoms with Gasteiger partial charge in [0.1, 0.15) is 0 Å². The van der Waals surface area contributed by atoms with Crippen LogP contribution in [0.25, 0.3) is 0 Å². The van der Waals surface area contributed by atoms with Gasteiger partial charge in [-0.3, -0.25) is 9.59 Å². The minimum atomic E-state index is -0.273. The minimum Gasteiger partial charge on any atom is -0.351 e. The van der Waals surface area contributed by atoms with Crippen LogP contribution in [0.5, 0.6) is 0 Å². The van der Waals surface area contributed by atoms with Crippen LogP contribution in [0.3, 0.4) is 0 Å². The molecule has 0 aliphatic rings. The van der Waals surface area contributed by atoms with E-state index in [0.29, 0.717) is 12.1 Å². The van der Waals surface area contributed by atoms with Gasteiger partial charge in [0.05, 0.1) is 0 Å². The van der Waals surface area contributed by atoms with E-state index in [9.17, 15) is 9.59 Å². The number of H-pyrrole nitrogens is 1. The molecule has 0 radical (unpaired) electrons. The standard InChI is InChI=1S/C14H16N2O2S/c1-14(2,11-4-3-7-19-11)9-16-13(18)10-5-6-15-12(17)8-10/h3-8H,9H2,1-2H3,(H,15,17)(H,16,18). The van der Waals surface area contributed by atoms with Gasteiger partial charge in [-0.25, -0.2) is 0 Å². The highest BCUT2D eigenvalue weighted by atomic mass is 32.1. The summed E-state index contributed by atoms with van der Waals surface area (Å²) >= 11 is 1.67. The molecule has 0 atom stereocenters. The zero-order valence-electron chi connectivity index (χ0n) is 10.9. The third-order valence-electron chi connectivity index (χ3n) is 2.92. The molecule has 0 aliphatic carbocycles. The molecule has 0 aliphatic heterocycles. The maximum atomic E-state index is 12.0. The number of hydrogen-bond donors (Lipinski definition) is 2. The fourth-order valence-corrected chi connectivity index (χ4v) is 2.59. The lowest BCUT2D eigenvalue weighted by atomic mass is 9.91. The van der Waals surface area contributed by atoms with Crippen LogP contribution in [-0.2, 0) is 5.41 Å². The normalized spacial score (nSPS) is 11.3. The molecule has 1 amide bonds. The van der Waals surface area contributed by atoms with E-state index in [1.54, 1.807) is 17.4 Å². The molecule has 2 rings (SSSR count). The van der Waals surface area contributed by atoms with Gasteiger partial charge >= 0.3 is 0 Å². The first-order valence-electron chi connectivity index (χ1n) is 6.00. The molecular formula is C14H16N2O2S. The summed E-state index contributed by atoms with van der Waals surface area (Å²) in [6.45, 7) is 4.69. The van der Waals surface area contributed by atoms with Crippen molar-refractivity contribution in [2.45, 2.75) is 19.3 Å². The molecule has 2 N–H and O–H groups in total. The number of aromatic nitrogens is 1. The highest BCUT2D eigenvalue weighted by Gasteiger charge is 2.22. The van der Waals surface area contributed by atoms with Gasteiger partial charge in [-0.05, 0) is 17.5 Å². The first kappa shape index (κ1) is 13.5. The van der Waals surface area contributed by atoms with Crippen molar-refractivity contribution in [2.24, 2.45) is 0 Å². The van der Waals surface area contributed by atoms with Crippen LogP contribution in [0.4, 0.5) is 0 Å². The van der Waals surface area contributed by atoms with Gasteiger partial charge in [0, 0.05) is 34.7 Å². The topological polar surface area (TPSA) is 62.0 Å². The van der Waals surface area contributed by atoms with Crippen molar-refractivity contribution in [2.75, 3.05) is 6.54 Å². The highest BCUT2D eigenvalue weighted by Crippen LogP contribution is 2.26. The quantitative estimate of drug-likeness (QED) is 0.898. The summed E-state index contributed by atoms with van der Waals surface area (Å²) in [6.07, 6.45) is 1.47. The Morgan fingerprint density at radius 1 is 1.42 bits per heavy atom. The van der Waals surface area contributed by atoms with Gasteiger partial charge in [-0.2, -0.15) is 0 Å². The smallest absolute Gasteiger partial charge is 0.251 e. The number of carbonyl (C=O) groups is 1. The Morgan fingerprint density at radius 3 is 2.84 bits per heavy atom. The molecule has 0 spiro atoms. The van der Waals surface area contributed by atoms with Crippen LogP contribution in [0.15, 0.2) is 40.6 Å². The molecule has 100 valence electrons. The summed E-state index contributed by atoms with van der Waals surface area (Å²) in [4.78, 5) is 26.8. The molecule has 19 heavy (non-hydrogen) atoms. The van der Waals surface area contributed by atoms with Crippen LogP contribution >= 0.6 is 11.3 Å². The third kappa shape index (κ3) is 3.32. The predicted octanol–water partition coefficient (Wildman–Crippen LogP) is 2.14. The Morgan fingerprint density at radius 2 is 2.21 bits per heavy atom. The molecule has 0 bridgehead atoms. The Hall–Kier alpha value is -1.88. The number of hydrogen-bond acceptors (Lipinski definition) is 3. The predicted molar refractivity (Wildman–Crippen MR) is 76.7 cm³/mol. The van der Waals surface area contributed by atoms with Crippen molar-refractivity contribution in [1.29, 1.82) is 0 Å². The number of carbonyl (C=O) groups excluding carboxylic acids is 1. The van der Waals surface area contributed by atoms with E-state index in [4.69, 9.17) is 0 Å². The number of rotatable bonds is 4. The molecular weight excluding hydrogens is 260 g/mol. The average molecular weight is 276 g/mol. The van der Waals surface area contributed by atoms with Gasteiger partial charge in [-0.15, -0.1) is 11.3 Å². The monoisotopic (exact) mass is 276 g/mol. The summed E-state index contributed by atoms with van der Waals surface area (Å²) in [5.41, 5.74) is -0.0127. The lowest BCUT2D eigenvalue weighted by molar-refractivity contribution is 0.0945. The highest BCUT2D eigenvalue weighted by molar-refractivity contribution is 7.10. The first-order chi connectivity index (χ1) is 8.99. The zero-order chi connectivity index (χ0) is 13.9. The number of pyridine rings is 1. The van der Waals surface area contributed by atoms with E-state index in [2.05, 4.69) is 30.2 Å². The van der Waals surface area contributed by atoms with Gasteiger partial charge in [0.25, 0.3) is 5.91 Å². The van der Waals surface area contributed by atoms with Crippen LogP contribution in [-0.4, -0.2) is 17.4 Å². The average Bonchev–Trinajstić information content (AvgIpc) is 2.90. The number of nitrogens with one attached hydrogen (secondary N) is 2. The molecule has 0 fully saturated rings. The van der Waals surface area contributed by atoms with Crippen LogP contribution in [0, 0.1) is 0 Å². The van der Waals surface area contributed by atoms with E-state index < -0.39 is 0 Å². The van der Waals surface area contributed by atoms with Crippen LogP contribution in [0.1, 0.15) is 29.1 Å². The molecule has 2 heterocycles. The van der Waals surface area contributed by atoms with E-state index in [-0.39, 0.29) is 16.9 Å². The largest absolute Gasteiger partial charge is 0.351 e. The Bertz CT molecular complexity index is 614. The van der Waals surface area contributed by atoms with Crippen molar-refractivity contribution in [3.63, 3.8) is 0 Å². The fourth-order valence-electron chi connectivity index (χ4n) is 1.74. The zero-order valence-corrected chi connectivity index (χ0v) is 11.7. The molecule has 5 heteroatoms. The van der Waals surface area contributed by atoms with Crippen molar-refractivity contribution in [1.82, 2.24) is 10.3 Å². The van der Waals surface area contributed by atoms with E-state index in [1.165, 1.54) is 17.1 Å². The number of aromatic amines is 1. The summed E-state index contributed by atoms with van der Waals surface area (Å²) in [5.74, 6) is -0.226. The molecule has 0 unspecified atom stereocenters.